The standard InChI is InChI=1S/C16H18Cl2N4O/c17-11-5-13-14(6-12(11)18)22-10(8-23)7-19-16(22)15(21-13)20-9-3-1-2-4-9/h5-7,9,16,19,23H,1-4,8H2,(H,20,21). The van der Waals surface area contributed by atoms with Crippen molar-refractivity contribution >= 4 is 40.4 Å². The number of anilines is 2. The number of benzene rings is 1. The highest BCUT2D eigenvalue weighted by atomic mass is 35.5. The summed E-state index contributed by atoms with van der Waals surface area (Å²) < 4.78 is 0. The van der Waals surface area contributed by atoms with E-state index in [2.05, 4.69) is 10.6 Å². The molecule has 4 rings (SSSR count). The van der Waals surface area contributed by atoms with Gasteiger partial charge in [0.25, 0.3) is 0 Å². The smallest absolute Gasteiger partial charge is 0.162 e. The molecule has 1 unspecified atom stereocenters. The van der Waals surface area contributed by atoms with Crippen LogP contribution in [0, 0.1) is 0 Å². The molecule has 0 spiro atoms. The fraction of sp³-hybridized carbons (Fsp3) is 0.438. The second-order valence-corrected chi connectivity index (χ2v) is 6.91. The van der Waals surface area contributed by atoms with Gasteiger partial charge in [-0.1, -0.05) is 36.0 Å². The number of hydrogen-bond donors (Lipinski definition) is 3. The van der Waals surface area contributed by atoms with E-state index < -0.39 is 0 Å². The minimum absolute atomic E-state index is 0.0557. The average molecular weight is 353 g/mol. The van der Waals surface area contributed by atoms with Gasteiger partial charge in [0.05, 0.1) is 39.8 Å². The number of fused-ring (bicyclic) bond motifs is 3. The second kappa shape index (κ2) is 5.89. The Morgan fingerprint density at radius 2 is 1.96 bits per heavy atom. The summed E-state index contributed by atoms with van der Waals surface area (Å²) in [6, 6.07) is 4.00. The van der Waals surface area contributed by atoms with E-state index in [-0.39, 0.29) is 12.8 Å². The van der Waals surface area contributed by atoms with Crippen LogP contribution in [-0.4, -0.2) is 29.8 Å². The van der Waals surface area contributed by atoms with Crippen LogP contribution in [0.3, 0.4) is 0 Å². The number of amidine groups is 1. The Hall–Kier alpha value is -1.43. The molecule has 1 atom stereocenters. The van der Waals surface area contributed by atoms with Crippen LogP contribution in [0.1, 0.15) is 25.7 Å². The van der Waals surface area contributed by atoms with E-state index in [1.807, 2.05) is 23.2 Å². The molecule has 0 saturated heterocycles. The number of nitrogens with one attached hydrogen (secondary N) is 2. The van der Waals surface area contributed by atoms with Gasteiger partial charge in [-0.25, -0.2) is 0 Å². The molecule has 1 aromatic rings. The molecule has 5 nitrogen and oxygen atoms in total. The Morgan fingerprint density at radius 1 is 1.22 bits per heavy atom. The van der Waals surface area contributed by atoms with E-state index >= 15 is 0 Å². The second-order valence-electron chi connectivity index (χ2n) is 6.09. The average Bonchev–Trinajstić information content (AvgIpc) is 3.18. The lowest BCUT2D eigenvalue weighted by Crippen LogP contribution is -2.51. The van der Waals surface area contributed by atoms with Crippen molar-refractivity contribution in [3.63, 3.8) is 0 Å². The highest BCUT2D eigenvalue weighted by Crippen LogP contribution is 2.41. The van der Waals surface area contributed by atoms with Crippen molar-refractivity contribution in [3.8, 4) is 0 Å². The minimum Gasteiger partial charge on any atom is -0.390 e. The number of aliphatic hydroxyl groups is 1. The number of halogens is 2. The van der Waals surface area contributed by atoms with Crippen LogP contribution in [0.5, 0.6) is 0 Å². The molecule has 0 amide bonds. The van der Waals surface area contributed by atoms with Crippen molar-refractivity contribution in [2.75, 3.05) is 16.8 Å². The maximum absolute atomic E-state index is 9.66. The summed E-state index contributed by atoms with van der Waals surface area (Å²) in [5.74, 6) is 0.863. The Bertz CT molecular complexity index is 698. The van der Waals surface area contributed by atoms with Gasteiger partial charge in [0.1, 0.15) is 5.84 Å². The quantitative estimate of drug-likeness (QED) is 0.763. The van der Waals surface area contributed by atoms with Crippen molar-refractivity contribution in [2.24, 2.45) is 4.99 Å². The highest BCUT2D eigenvalue weighted by molar-refractivity contribution is 6.42. The molecule has 0 bridgehead atoms. The van der Waals surface area contributed by atoms with E-state index in [1.165, 1.54) is 12.8 Å². The van der Waals surface area contributed by atoms with Crippen molar-refractivity contribution in [2.45, 2.75) is 37.9 Å². The Balaban J connectivity index is 1.78. The third-order valence-corrected chi connectivity index (χ3v) is 5.33. The van der Waals surface area contributed by atoms with Crippen molar-refractivity contribution in [1.82, 2.24) is 5.32 Å². The number of aliphatic hydroxyl groups excluding tert-OH is 1. The van der Waals surface area contributed by atoms with Crippen molar-refractivity contribution < 1.29 is 5.11 Å². The molecule has 1 aromatic carbocycles. The third-order valence-electron chi connectivity index (χ3n) is 4.60. The van der Waals surface area contributed by atoms with Gasteiger partial charge >= 0.3 is 0 Å². The van der Waals surface area contributed by atoms with Gasteiger partial charge in [-0.2, -0.15) is 0 Å². The lowest BCUT2D eigenvalue weighted by atomic mass is 10.1. The molecule has 1 saturated carbocycles. The van der Waals surface area contributed by atoms with E-state index in [0.717, 1.165) is 35.7 Å². The summed E-state index contributed by atoms with van der Waals surface area (Å²) in [5.41, 5.74) is 2.53. The molecule has 3 aliphatic rings. The van der Waals surface area contributed by atoms with E-state index in [4.69, 9.17) is 28.2 Å². The summed E-state index contributed by atoms with van der Waals surface area (Å²) in [6.07, 6.45) is 6.43. The van der Waals surface area contributed by atoms with E-state index in [9.17, 15) is 5.11 Å². The minimum atomic E-state index is -0.137. The predicted molar refractivity (Wildman–Crippen MR) is 94.3 cm³/mol. The summed E-state index contributed by atoms with van der Waals surface area (Å²) in [4.78, 5) is 6.94. The lowest BCUT2D eigenvalue weighted by Gasteiger charge is -2.37. The molecule has 1 fully saturated rings. The van der Waals surface area contributed by atoms with Gasteiger partial charge in [-0.3, -0.25) is 4.99 Å². The third kappa shape index (κ3) is 2.57. The Morgan fingerprint density at radius 3 is 2.70 bits per heavy atom. The largest absolute Gasteiger partial charge is 0.390 e. The van der Waals surface area contributed by atoms with Gasteiger partial charge in [-0.05, 0) is 25.0 Å². The van der Waals surface area contributed by atoms with E-state index in [0.29, 0.717) is 16.1 Å². The molecule has 2 heterocycles. The molecule has 0 radical (unpaired) electrons. The van der Waals surface area contributed by atoms with Crippen LogP contribution in [0.25, 0.3) is 0 Å². The van der Waals surface area contributed by atoms with Gasteiger partial charge in [0, 0.05) is 6.20 Å². The first-order chi connectivity index (χ1) is 11.2. The van der Waals surface area contributed by atoms with Crippen LogP contribution >= 0.6 is 23.2 Å². The van der Waals surface area contributed by atoms with Crippen LogP contribution < -0.4 is 15.5 Å². The number of aliphatic imine (C=N–C) groups is 1. The van der Waals surface area contributed by atoms with Crippen LogP contribution in [-0.2, 0) is 0 Å². The van der Waals surface area contributed by atoms with Gasteiger partial charge in [0.15, 0.2) is 6.17 Å². The maximum Gasteiger partial charge on any atom is 0.162 e. The lowest BCUT2D eigenvalue weighted by molar-refractivity contribution is 0.328. The van der Waals surface area contributed by atoms with E-state index in [1.54, 1.807) is 0 Å². The van der Waals surface area contributed by atoms with Crippen LogP contribution in [0.2, 0.25) is 10.0 Å². The van der Waals surface area contributed by atoms with Crippen LogP contribution in [0.4, 0.5) is 11.4 Å². The summed E-state index contributed by atoms with van der Waals surface area (Å²) in [6.45, 7) is -0.0557. The molecule has 2 aliphatic heterocycles. The SMILES string of the molecule is OCC1=CNC2C(=NC3CCCC3)Nc3cc(Cl)c(Cl)cc3N12. The molecule has 0 aromatic heterocycles. The van der Waals surface area contributed by atoms with Crippen LogP contribution in [0.15, 0.2) is 29.0 Å². The fourth-order valence-corrected chi connectivity index (χ4v) is 3.80. The maximum atomic E-state index is 9.66. The van der Waals surface area contributed by atoms with Crippen molar-refractivity contribution in [1.29, 1.82) is 0 Å². The highest BCUT2D eigenvalue weighted by Gasteiger charge is 2.37. The molecule has 23 heavy (non-hydrogen) atoms. The van der Waals surface area contributed by atoms with Gasteiger partial charge < -0.3 is 20.6 Å². The first kappa shape index (κ1) is 15.1. The zero-order valence-corrected chi connectivity index (χ0v) is 14.0. The zero-order valence-electron chi connectivity index (χ0n) is 12.5. The molecular weight excluding hydrogens is 335 g/mol. The summed E-state index contributed by atoms with van der Waals surface area (Å²) in [7, 11) is 0. The number of rotatable bonds is 2. The van der Waals surface area contributed by atoms with Gasteiger partial charge in [0.2, 0.25) is 0 Å². The molecular formula is C16H18Cl2N4O. The topological polar surface area (TPSA) is 59.9 Å². The molecule has 1 aliphatic carbocycles. The first-order valence-corrected chi connectivity index (χ1v) is 8.62. The molecule has 122 valence electrons. The molecule has 3 N–H and O–H groups in total. The normalized spacial score (nSPS) is 25.0. The Labute approximate surface area is 145 Å². The zero-order chi connectivity index (χ0) is 16.0. The Kier molecular flexibility index (Phi) is 3.87. The van der Waals surface area contributed by atoms with Crippen molar-refractivity contribution in [3.05, 3.63) is 34.1 Å². The number of nitrogens with zero attached hydrogens (tertiary/aromatic N) is 2. The summed E-state index contributed by atoms with van der Waals surface area (Å²) >= 11 is 12.3. The summed E-state index contributed by atoms with van der Waals surface area (Å²) in [5, 5.41) is 17.3. The predicted octanol–water partition coefficient (Wildman–Crippen LogP) is 3.33. The van der Waals surface area contributed by atoms with Gasteiger partial charge in [-0.15, -0.1) is 0 Å². The first-order valence-electron chi connectivity index (χ1n) is 7.86. The number of hydrogen-bond acceptors (Lipinski definition) is 4. The molecule has 7 heteroatoms. The monoisotopic (exact) mass is 352 g/mol. The fourth-order valence-electron chi connectivity index (χ4n) is 3.48.